The summed E-state index contributed by atoms with van der Waals surface area (Å²) in [6.45, 7) is 8.15. The number of aromatic nitrogens is 2. The molecule has 0 spiro atoms. The van der Waals surface area contributed by atoms with Crippen LogP contribution in [0.25, 0.3) is 0 Å². The number of aryl methyl sites for hydroxylation is 1. The van der Waals surface area contributed by atoms with Crippen LogP contribution in [0, 0.1) is 5.82 Å². The maximum absolute atomic E-state index is 14.6. The first-order chi connectivity index (χ1) is 10.2. The molecule has 4 nitrogen and oxygen atoms in total. The van der Waals surface area contributed by atoms with Gasteiger partial charge >= 0.3 is 0 Å². The van der Waals surface area contributed by atoms with Crippen LogP contribution in [0.1, 0.15) is 52.1 Å². The number of anilines is 1. The monoisotopic (exact) mass is 294 g/mol. The number of hydrogen-bond acceptors (Lipinski definition) is 4. The molecule has 0 aromatic carbocycles. The minimum absolute atomic E-state index is 0.241. The zero-order valence-electron chi connectivity index (χ0n) is 13.4. The fraction of sp³-hybridized carbons (Fsp3) is 0.750. The molecule has 1 aromatic rings. The van der Waals surface area contributed by atoms with Gasteiger partial charge in [-0.05, 0) is 45.6 Å². The highest BCUT2D eigenvalue weighted by atomic mass is 19.1. The second-order valence-electron chi connectivity index (χ2n) is 5.81. The number of nitrogens with zero attached hydrogens (tertiary/aromatic N) is 3. The van der Waals surface area contributed by atoms with E-state index in [9.17, 15) is 4.39 Å². The lowest BCUT2D eigenvalue weighted by atomic mass is 9.96. The molecule has 1 saturated heterocycles. The molecule has 0 amide bonds. The van der Waals surface area contributed by atoms with Crippen LogP contribution in [0.2, 0.25) is 0 Å². The molecule has 1 fully saturated rings. The summed E-state index contributed by atoms with van der Waals surface area (Å²) in [5, 5.41) is 3.54. The van der Waals surface area contributed by atoms with Gasteiger partial charge in [-0.2, -0.15) is 0 Å². The van der Waals surface area contributed by atoms with Crippen molar-refractivity contribution in [2.24, 2.45) is 0 Å². The number of piperidine rings is 1. The Hall–Kier alpha value is -1.23. The molecule has 2 heterocycles. The van der Waals surface area contributed by atoms with E-state index in [1.54, 1.807) is 0 Å². The molecule has 0 radical (unpaired) electrons. The van der Waals surface area contributed by atoms with Gasteiger partial charge in [-0.15, -0.1) is 0 Å². The third kappa shape index (κ3) is 3.70. The van der Waals surface area contributed by atoms with E-state index < -0.39 is 0 Å². The average Bonchev–Trinajstić information content (AvgIpc) is 2.53. The highest BCUT2D eigenvalue weighted by molar-refractivity contribution is 5.43. The highest BCUT2D eigenvalue weighted by Crippen LogP contribution is 2.28. The Balaban J connectivity index is 2.22. The highest BCUT2D eigenvalue weighted by Gasteiger charge is 2.30. The van der Waals surface area contributed by atoms with Gasteiger partial charge in [0.25, 0.3) is 0 Å². The van der Waals surface area contributed by atoms with Gasteiger partial charge in [-0.1, -0.05) is 13.8 Å². The van der Waals surface area contributed by atoms with Crippen molar-refractivity contribution >= 4 is 5.82 Å². The van der Waals surface area contributed by atoms with Crippen molar-refractivity contribution in [2.75, 3.05) is 18.0 Å². The molecule has 0 saturated carbocycles. The van der Waals surface area contributed by atoms with Crippen LogP contribution in [0.15, 0.2) is 6.33 Å². The molecule has 0 bridgehead atoms. The van der Waals surface area contributed by atoms with Gasteiger partial charge < -0.3 is 10.2 Å². The van der Waals surface area contributed by atoms with Crippen LogP contribution in [0.3, 0.4) is 0 Å². The van der Waals surface area contributed by atoms with Crippen molar-refractivity contribution in [3.63, 3.8) is 0 Å². The van der Waals surface area contributed by atoms with Crippen LogP contribution < -0.4 is 10.2 Å². The summed E-state index contributed by atoms with van der Waals surface area (Å²) in [6.07, 6.45) is 6.59. The van der Waals surface area contributed by atoms with E-state index in [0.717, 1.165) is 32.4 Å². The number of hydrogen-bond donors (Lipinski definition) is 1. The Morgan fingerprint density at radius 2 is 2.19 bits per heavy atom. The molecule has 1 aliphatic heterocycles. The lowest BCUT2D eigenvalue weighted by molar-refractivity contribution is 0.362. The topological polar surface area (TPSA) is 41.0 Å². The van der Waals surface area contributed by atoms with E-state index in [2.05, 4.69) is 34.0 Å². The maximum atomic E-state index is 14.6. The van der Waals surface area contributed by atoms with Crippen LogP contribution >= 0.6 is 0 Å². The van der Waals surface area contributed by atoms with Crippen molar-refractivity contribution in [1.29, 1.82) is 0 Å². The van der Waals surface area contributed by atoms with Gasteiger partial charge in [-0.3, -0.25) is 0 Å². The third-order valence-electron chi connectivity index (χ3n) is 4.29. The quantitative estimate of drug-likeness (QED) is 0.876. The Morgan fingerprint density at radius 3 is 2.90 bits per heavy atom. The van der Waals surface area contributed by atoms with E-state index in [1.807, 2.05) is 6.92 Å². The minimum atomic E-state index is -0.241. The van der Waals surface area contributed by atoms with Gasteiger partial charge in [0, 0.05) is 18.6 Å². The Labute approximate surface area is 127 Å². The predicted octanol–water partition coefficient (Wildman–Crippen LogP) is 2.93. The molecule has 0 aliphatic carbocycles. The molecule has 118 valence electrons. The van der Waals surface area contributed by atoms with Crippen molar-refractivity contribution in [3.05, 3.63) is 17.8 Å². The number of nitrogens with one attached hydrogen (secondary N) is 1. The summed E-state index contributed by atoms with van der Waals surface area (Å²) in [5.74, 6) is 0.242. The molecule has 1 aromatic heterocycles. The Bertz CT molecular complexity index is 452. The Morgan fingerprint density at radius 1 is 1.38 bits per heavy atom. The maximum Gasteiger partial charge on any atom is 0.187 e. The molecule has 21 heavy (non-hydrogen) atoms. The zero-order chi connectivity index (χ0) is 15.2. The fourth-order valence-electron chi connectivity index (χ4n) is 3.09. The van der Waals surface area contributed by atoms with Crippen LogP contribution in [0.4, 0.5) is 10.2 Å². The second kappa shape index (κ2) is 7.69. The summed E-state index contributed by atoms with van der Waals surface area (Å²) in [7, 11) is 0. The van der Waals surface area contributed by atoms with E-state index in [1.165, 1.54) is 12.7 Å². The smallest absolute Gasteiger partial charge is 0.187 e. The van der Waals surface area contributed by atoms with E-state index in [-0.39, 0.29) is 5.82 Å². The van der Waals surface area contributed by atoms with Crippen LogP contribution in [-0.4, -0.2) is 35.1 Å². The van der Waals surface area contributed by atoms with Gasteiger partial charge in [0.1, 0.15) is 6.33 Å². The van der Waals surface area contributed by atoms with Crippen LogP contribution in [-0.2, 0) is 6.42 Å². The van der Waals surface area contributed by atoms with Crippen molar-refractivity contribution in [3.8, 4) is 0 Å². The number of rotatable bonds is 6. The molecular formula is C16H27FN4. The molecule has 1 N–H and O–H groups in total. The van der Waals surface area contributed by atoms with Crippen molar-refractivity contribution < 1.29 is 4.39 Å². The molecule has 5 heteroatoms. The molecular weight excluding hydrogens is 267 g/mol. The molecule has 2 rings (SSSR count). The van der Waals surface area contributed by atoms with Gasteiger partial charge in [0.15, 0.2) is 11.6 Å². The fourth-order valence-corrected chi connectivity index (χ4v) is 3.09. The standard InChI is InChI=1S/C16H27FN4/c1-4-9-18-12(3)14-8-6-7-10-21(14)16-15(17)13(5-2)19-11-20-16/h11-12,14,18H,4-10H2,1-3H3. The summed E-state index contributed by atoms with van der Waals surface area (Å²) in [4.78, 5) is 10.4. The van der Waals surface area contributed by atoms with Gasteiger partial charge in [0.05, 0.1) is 5.69 Å². The molecule has 1 aliphatic rings. The zero-order valence-corrected chi connectivity index (χ0v) is 13.4. The Kier molecular flexibility index (Phi) is 5.91. The lowest BCUT2D eigenvalue weighted by Crippen LogP contribution is -2.52. The van der Waals surface area contributed by atoms with Crippen molar-refractivity contribution in [1.82, 2.24) is 15.3 Å². The predicted molar refractivity (Wildman–Crippen MR) is 84.1 cm³/mol. The molecule has 2 atom stereocenters. The van der Waals surface area contributed by atoms with Crippen LogP contribution in [0.5, 0.6) is 0 Å². The molecule has 2 unspecified atom stereocenters. The van der Waals surface area contributed by atoms with E-state index in [0.29, 0.717) is 30.0 Å². The largest absolute Gasteiger partial charge is 0.350 e. The summed E-state index contributed by atoms with van der Waals surface area (Å²) in [6, 6.07) is 0.643. The normalized spacial score (nSPS) is 20.6. The second-order valence-corrected chi connectivity index (χ2v) is 5.81. The third-order valence-corrected chi connectivity index (χ3v) is 4.29. The van der Waals surface area contributed by atoms with Crippen molar-refractivity contribution in [2.45, 2.75) is 65.0 Å². The average molecular weight is 294 g/mol. The number of halogens is 1. The van der Waals surface area contributed by atoms with Gasteiger partial charge in [-0.25, -0.2) is 14.4 Å². The first-order valence-electron chi connectivity index (χ1n) is 8.18. The van der Waals surface area contributed by atoms with Gasteiger partial charge in [0.2, 0.25) is 0 Å². The summed E-state index contributed by atoms with van der Waals surface area (Å²) < 4.78 is 14.6. The summed E-state index contributed by atoms with van der Waals surface area (Å²) in [5.41, 5.74) is 0.512. The lowest BCUT2D eigenvalue weighted by Gasteiger charge is -2.40. The van der Waals surface area contributed by atoms with E-state index >= 15 is 0 Å². The first kappa shape index (κ1) is 16.1. The SMILES string of the molecule is CCCNC(C)C1CCCCN1c1ncnc(CC)c1F. The minimum Gasteiger partial charge on any atom is -0.350 e. The van der Waals surface area contributed by atoms with E-state index in [4.69, 9.17) is 0 Å². The first-order valence-corrected chi connectivity index (χ1v) is 8.18. The summed E-state index contributed by atoms with van der Waals surface area (Å²) >= 11 is 0.